The number of hydrogen-bond acceptors (Lipinski definition) is 5. The van der Waals surface area contributed by atoms with Crippen LogP contribution < -0.4 is 0 Å². The van der Waals surface area contributed by atoms with Crippen molar-refractivity contribution in [2.24, 2.45) is 0 Å². The summed E-state index contributed by atoms with van der Waals surface area (Å²) in [6.45, 7) is 2.41. The maximum atomic E-state index is 8.80. The summed E-state index contributed by atoms with van der Waals surface area (Å²) in [5.41, 5.74) is -0.214. The second-order valence-electron chi connectivity index (χ2n) is 5.06. The third kappa shape index (κ3) is 7.22. The van der Waals surface area contributed by atoms with E-state index in [0.29, 0.717) is 33.0 Å². The summed E-state index contributed by atoms with van der Waals surface area (Å²) >= 11 is 0. The summed E-state index contributed by atoms with van der Waals surface area (Å²) in [7, 11) is 0. The van der Waals surface area contributed by atoms with Crippen molar-refractivity contribution in [2.45, 2.75) is 44.1 Å². The standard InChI is InChI=1S/C14H28O5/c15-7-9-17-11-12-19-14(13-18-10-8-16)5-3-1-2-4-6-14/h15-16H,1-13H2. The summed E-state index contributed by atoms with van der Waals surface area (Å²) < 4.78 is 16.8. The zero-order chi connectivity index (χ0) is 13.8. The van der Waals surface area contributed by atoms with E-state index in [1.165, 1.54) is 25.7 Å². The average molecular weight is 276 g/mol. The topological polar surface area (TPSA) is 68.2 Å². The van der Waals surface area contributed by atoms with E-state index in [4.69, 9.17) is 24.4 Å². The molecule has 0 aromatic heterocycles. The van der Waals surface area contributed by atoms with E-state index in [2.05, 4.69) is 0 Å². The molecular weight excluding hydrogens is 248 g/mol. The maximum Gasteiger partial charge on any atom is 0.0916 e. The van der Waals surface area contributed by atoms with E-state index in [1.807, 2.05) is 0 Å². The molecule has 1 saturated carbocycles. The molecule has 0 spiro atoms. The summed E-state index contributed by atoms with van der Waals surface area (Å²) in [4.78, 5) is 0. The van der Waals surface area contributed by atoms with E-state index in [1.54, 1.807) is 0 Å². The first-order valence-electron chi connectivity index (χ1n) is 7.34. The first-order valence-corrected chi connectivity index (χ1v) is 7.34. The molecule has 0 aromatic carbocycles. The van der Waals surface area contributed by atoms with E-state index in [0.717, 1.165) is 12.8 Å². The van der Waals surface area contributed by atoms with Crippen LogP contribution in [0.15, 0.2) is 0 Å². The van der Waals surface area contributed by atoms with Gasteiger partial charge in [-0.2, -0.15) is 0 Å². The summed E-state index contributed by atoms with van der Waals surface area (Å²) in [6.07, 6.45) is 6.87. The molecule has 2 N–H and O–H groups in total. The molecule has 1 fully saturated rings. The molecule has 1 aliphatic rings. The highest BCUT2D eigenvalue weighted by molar-refractivity contribution is 4.83. The molecular formula is C14H28O5. The van der Waals surface area contributed by atoms with Gasteiger partial charge in [0.1, 0.15) is 0 Å². The van der Waals surface area contributed by atoms with Crippen LogP contribution in [0, 0.1) is 0 Å². The molecule has 0 aromatic rings. The van der Waals surface area contributed by atoms with Gasteiger partial charge in [-0.3, -0.25) is 0 Å². The second kappa shape index (κ2) is 10.6. The first-order chi connectivity index (χ1) is 9.33. The Morgan fingerprint density at radius 3 is 2.00 bits per heavy atom. The minimum Gasteiger partial charge on any atom is -0.394 e. The van der Waals surface area contributed by atoms with Gasteiger partial charge in [-0.15, -0.1) is 0 Å². The van der Waals surface area contributed by atoms with Crippen molar-refractivity contribution in [2.75, 3.05) is 46.2 Å². The highest BCUT2D eigenvalue weighted by atomic mass is 16.6. The van der Waals surface area contributed by atoms with E-state index in [9.17, 15) is 0 Å². The van der Waals surface area contributed by atoms with E-state index >= 15 is 0 Å². The lowest BCUT2D eigenvalue weighted by Crippen LogP contribution is -2.39. The Balaban J connectivity index is 2.33. The third-order valence-corrected chi connectivity index (χ3v) is 3.49. The highest BCUT2D eigenvalue weighted by Gasteiger charge is 2.32. The Morgan fingerprint density at radius 2 is 1.37 bits per heavy atom. The van der Waals surface area contributed by atoms with Gasteiger partial charge in [0.05, 0.1) is 51.8 Å². The first kappa shape index (κ1) is 16.9. The van der Waals surface area contributed by atoms with Crippen LogP contribution in [0.2, 0.25) is 0 Å². The number of ether oxygens (including phenoxy) is 3. The Labute approximate surface area is 115 Å². The predicted molar refractivity (Wildman–Crippen MR) is 72.2 cm³/mol. The summed E-state index contributed by atoms with van der Waals surface area (Å²) in [5.74, 6) is 0. The van der Waals surface area contributed by atoms with Crippen LogP contribution in [0.4, 0.5) is 0 Å². The van der Waals surface area contributed by atoms with Crippen molar-refractivity contribution in [3.05, 3.63) is 0 Å². The van der Waals surface area contributed by atoms with Gasteiger partial charge in [0.2, 0.25) is 0 Å². The van der Waals surface area contributed by atoms with Gasteiger partial charge < -0.3 is 24.4 Å². The molecule has 1 aliphatic carbocycles. The largest absolute Gasteiger partial charge is 0.394 e. The van der Waals surface area contributed by atoms with Crippen LogP contribution >= 0.6 is 0 Å². The predicted octanol–water partition coefficient (Wildman–Crippen LogP) is 1.11. The fourth-order valence-electron chi connectivity index (χ4n) is 2.51. The van der Waals surface area contributed by atoms with E-state index in [-0.39, 0.29) is 18.8 Å². The number of rotatable bonds is 10. The lowest BCUT2D eigenvalue weighted by Gasteiger charge is -2.32. The number of aliphatic hydroxyl groups is 2. The smallest absolute Gasteiger partial charge is 0.0916 e. The van der Waals surface area contributed by atoms with Crippen molar-refractivity contribution in [3.8, 4) is 0 Å². The van der Waals surface area contributed by atoms with E-state index < -0.39 is 0 Å². The van der Waals surface area contributed by atoms with Crippen LogP contribution in [-0.4, -0.2) is 62.1 Å². The summed E-state index contributed by atoms with van der Waals surface area (Å²) in [5, 5.41) is 17.4. The van der Waals surface area contributed by atoms with Gasteiger partial charge >= 0.3 is 0 Å². The van der Waals surface area contributed by atoms with Gasteiger partial charge in [-0.25, -0.2) is 0 Å². The third-order valence-electron chi connectivity index (χ3n) is 3.49. The molecule has 0 amide bonds. The Kier molecular flexibility index (Phi) is 9.38. The molecule has 0 radical (unpaired) electrons. The monoisotopic (exact) mass is 276 g/mol. The van der Waals surface area contributed by atoms with Crippen LogP contribution in [0.25, 0.3) is 0 Å². The van der Waals surface area contributed by atoms with Crippen LogP contribution in [0.3, 0.4) is 0 Å². The van der Waals surface area contributed by atoms with Crippen LogP contribution in [0.5, 0.6) is 0 Å². The lowest BCUT2D eigenvalue weighted by molar-refractivity contribution is -0.121. The molecule has 1 rings (SSSR count). The molecule has 0 unspecified atom stereocenters. The lowest BCUT2D eigenvalue weighted by atomic mass is 9.95. The molecule has 0 heterocycles. The zero-order valence-corrected chi connectivity index (χ0v) is 11.8. The Morgan fingerprint density at radius 1 is 0.737 bits per heavy atom. The highest BCUT2D eigenvalue weighted by Crippen LogP contribution is 2.30. The van der Waals surface area contributed by atoms with Crippen molar-refractivity contribution in [3.63, 3.8) is 0 Å². The number of aliphatic hydroxyl groups excluding tert-OH is 2. The SMILES string of the molecule is OCCOCCOC1(COCCO)CCCCCC1. The minimum absolute atomic E-state index is 0.0464. The van der Waals surface area contributed by atoms with Crippen molar-refractivity contribution in [1.82, 2.24) is 0 Å². The Bertz CT molecular complexity index is 202. The van der Waals surface area contributed by atoms with Crippen molar-refractivity contribution >= 4 is 0 Å². The molecule has 5 heteroatoms. The zero-order valence-electron chi connectivity index (χ0n) is 11.8. The van der Waals surface area contributed by atoms with Gasteiger partial charge in [0.15, 0.2) is 0 Å². The average Bonchev–Trinajstić information content (AvgIpc) is 2.65. The molecule has 5 nitrogen and oxygen atoms in total. The minimum atomic E-state index is -0.214. The van der Waals surface area contributed by atoms with Crippen LogP contribution in [-0.2, 0) is 14.2 Å². The quantitative estimate of drug-likeness (QED) is 0.462. The van der Waals surface area contributed by atoms with Gasteiger partial charge in [-0.1, -0.05) is 25.7 Å². The molecule has 0 aliphatic heterocycles. The van der Waals surface area contributed by atoms with Crippen molar-refractivity contribution in [1.29, 1.82) is 0 Å². The molecule has 0 saturated heterocycles. The maximum absolute atomic E-state index is 8.80. The second-order valence-corrected chi connectivity index (χ2v) is 5.06. The molecule has 0 atom stereocenters. The molecule has 114 valence electrons. The molecule has 0 bridgehead atoms. The fraction of sp³-hybridized carbons (Fsp3) is 1.00. The summed E-state index contributed by atoms with van der Waals surface area (Å²) in [6, 6.07) is 0. The normalized spacial score (nSPS) is 19.3. The fourth-order valence-corrected chi connectivity index (χ4v) is 2.51. The van der Waals surface area contributed by atoms with Crippen LogP contribution in [0.1, 0.15) is 38.5 Å². The Hall–Kier alpha value is -0.200. The van der Waals surface area contributed by atoms with Gasteiger partial charge in [0, 0.05) is 0 Å². The van der Waals surface area contributed by atoms with Gasteiger partial charge in [-0.05, 0) is 12.8 Å². The number of hydrogen-bond donors (Lipinski definition) is 2. The van der Waals surface area contributed by atoms with Crippen molar-refractivity contribution < 1.29 is 24.4 Å². The molecule has 19 heavy (non-hydrogen) atoms. The van der Waals surface area contributed by atoms with Gasteiger partial charge in [0.25, 0.3) is 0 Å².